The second-order valence-corrected chi connectivity index (χ2v) is 5.89. The van der Waals surface area contributed by atoms with Crippen molar-refractivity contribution in [2.24, 2.45) is 0 Å². The lowest BCUT2D eigenvalue weighted by atomic mass is 10.0. The van der Waals surface area contributed by atoms with Gasteiger partial charge in [-0.25, -0.2) is 4.39 Å². The maximum absolute atomic E-state index is 14.2. The van der Waals surface area contributed by atoms with Crippen LogP contribution in [-0.2, 0) is 11.2 Å². The Balaban J connectivity index is 1.62. The van der Waals surface area contributed by atoms with Gasteiger partial charge in [-0.2, -0.15) is 10.4 Å². The van der Waals surface area contributed by atoms with Crippen molar-refractivity contribution in [1.29, 1.82) is 5.26 Å². The van der Waals surface area contributed by atoms with Crippen LogP contribution < -0.4 is 10.2 Å². The summed E-state index contributed by atoms with van der Waals surface area (Å²) in [6.07, 6.45) is 3.60. The standard InChI is InChI=1S/C17H18FN5O/c18-15-8-12(10-19)3-4-16(15)23-7-1-2-14(11-23)21-17(24)9-13-5-6-20-22-13/h3-6,8,14H,1-2,7,9,11H2,(H,20,22)(H,21,24). The number of hydrogen-bond acceptors (Lipinski definition) is 4. The molecule has 1 aromatic carbocycles. The zero-order valence-electron chi connectivity index (χ0n) is 13.1. The third-order valence-corrected chi connectivity index (χ3v) is 4.11. The lowest BCUT2D eigenvalue weighted by Gasteiger charge is -2.35. The number of halogens is 1. The molecular weight excluding hydrogens is 309 g/mol. The zero-order valence-corrected chi connectivity index (χ0v) is 13.1. The first-order chi connectivity index (χ1) is 11.7. The lowest BCUT2D eigenvalue weighted by molar-refractivity contribution is -0.121. The molecule has 0 spiro atoms. The summed E-state index contributed by atoms with van der Waals surface area (Å²) >= 11 is 0. The van der Waals surface area contributed by atoms with E-state index in [2.05, 4.69) is 15.5 Å². The van der Waals surface area contributed by atoms with Gasteiger partial charge in [-0.15, -0.1) is 0 Å². The van der Waals surface area contributed by atoms with E-state index in [-0.39, 0.29) is 18.4 Å². The number of carbonyl (C=O) groups is 1. The number of aromatic nitrogens is 2. The number of carbonyl (C=O) groups excluding carboxylic acids is 1. The molecule has 1 amide bonds. The van der Waals surface area contributed by atoms with Gasteiger partial charge in [0.2, 0.25) is 5.91 Å². The van der Waals surface area contributed by atoms with Crippen LogP contribution >= 0.6 is 0 Å². The topological polar surface area (TPSA) is 84.8 Å². The maximum Gasteiger partial charge on any atom is 0.226 e. The Morgan fingerprint density at radius 3 is 3.08 bits per heavy atom. The maximum atomic E-state index is 14.2. The van der Waals surface area contributed by atoms with Crippen molar-refractivity contribution in [1.82, 2.24) is 15.5 Å². The molecule has 0 radical (unpaired) electrons. The van der Waals surface area contributed by atoms with Gasteiger partial charge in [0.15, 0.2) is 0 Å². The predicted octanol–water partition coefficient (Wildman–Crippen LogP) is 1.75. The quantitative estimate of drug-likeness (QED) is 0.896. The van der Waals surface area contributed by atoms with E-state index in [0.29, 0.717) is 17.8 Å². The van der Waals surface area contributed by atoms with Gasteiger partial charge in [0.1, 0.15) is 5.82 Å². The molecule has 1 aliphatic heterocycles. The number of hydrogen-bond donors (Lipinski definition) is 2. The Labute approximate surface area is 139 Å². The number of anilines is 1. The molecule has 124 valence electrons. The lowest BCUT2D eigenvalue weighted by Crippen LogP contribution is -2.48. The van der Waals surface area contributed by atoms with Gasteiger partial charge >= 0.3 is 0 Å². The summed E-state index contributed by atoms with van der Waals surface area (Å²) in [6.45, 7) is 1.28. The van der Waals surface area contributed by atoms with Crippen molar-refractivity contribution in [3.05, 3.63) is 47.5 Å². The second kappa shape index (κ2) is 7.13. The molecule has 1 saturated heterocycles. The van der Waals surface area contributed by atoms with E-state index < -0.39 is 5.82 Å². The van der Waals surface area contributed by atoms with Crippen LogP contribution in [0.3, 0.4) is 0 Å². The molecule has 6 nitrogen and oxygen atoms in total. The van der Waals surface area contributed by atoms with Gasteiger partial charge in [-0.05, 0) is 37.1 Å². The zero-order chi connectivity index (χ0) is 16.9. The first kappa shape index (κ1) is 16.0. The monoisotopic (exact) mass is 327 g/mol. The third-order valence-electron chi connectivity index (χ3n) is 4.11. The van der Waals surface area contributed by atoms with Crippen LogP contribution in [0.1, 0.15) is 24.1 Å². The number of rotatable bonds is 4. The van der Waals surface area contributed by atoms with E-state index in [4.69, 9.17) is 5.26 Å². The summed E-state index contributed by atoms with van der Waals surface area (Å²) in [5.74, 6) is -0.482. The number of nitrogens with zero attached hydrogens (tertiary/aromatic N) is 3. The fourth-order valence-corrected chi connectivity index (χ4v) is 2.98. The van der Waals surface area contributed by atoms with Gasteiger partial charge in [0, 0.05) is 31.0 Å². The van der Waals surface area contributed by atoms with Gasteiger partial charge in [0.25, 0.3) is 0 Å². The normalized spacial score (nSPS) is 17.3. The van der Waals surface area contributed by atoms with Crippen LogP contribution in [0.25, 0.3) is 0 Å². The van der Waals surface area contributed by atoms with Crippen LogP contribution in [0.4, 0.5) is 10.1 Å². The molecule has 2 N–H and O–H groups in total. The molecule has 2 aromatic rings. The highest BCUT2D eigenvalue weighted by Crippen LogP contribution is 2.24. The first-order valence-corrected chi connectivity index (χ1v) is 7.88. The molecular formula is C17H18FN5O. The minimum Gasteiger partial charge on any atom is -0.367 e. The van der Waals surface area contributed by atoms with Gasteiger partial charge in [0.05, 0.1) is 23.7 Å². The summed E-state index contributed by atoms with van der Waals surface area (Å²) in [4.78, 5) is 14.0. The van der Waals surface area contributed by atoms with Gasteiger partial charge in [-0.3, -0.25) is 9.89 Å². The van der Waals surface area contributed by atoms with E-state index in [1.807, 2.05) is 11.0 Å². The minimum atomic E-state index is -0.404. The molecule has 2 heterocycles. The summed E-state index contributed by atoms with van der Waals surface area (Å²) in [7, 11) is 0. The number of nitriles is 1. The van der Waals surface area contributed by atoms with Crippen molar-refractivity contribution in [3.8, 4) is 6.07 Å². The number of H-pyrrole nitrogens is 1. The fraction of sp³-hybridized carbons (Fsp3) is 0.353. The Kier molecular flexibility index (Phi) is 4.75. The number of piperidine rings is 1. The van der Waals surface area contributed by atoms with Crippen LogP contribution in [0.15, 0.2) is 30.5 Å². The van der Waals surface area contributed by atoms with Crippen molar-refractivity contribution >= 4 is 11.6 Å². The summed E-state index contributed by atoms with van der Waals surface area (Å²) in [5.41, 5.74) is 1.54. The number of aromatic amines is 1. The average molecular weight is 327 g/mol. The van der Waals surface area contributed by atoms with Crippen molar-refractivity contribution in [2.45, 2.75) is 25.3 Å². The summed E-state index contributed by atoms with van der Waals surface area (Å²) in [6, 6.07) is 8.15. The highest BCUT2D eigenvalue weighted by atomic mass is 19.1. The van der Waals surface area contributed by atoms with Crippen LogP contribution in [0.5, 0.6) is 0 Å². The third kappa shape index (κ3) is 3.71. The van der Waals surface area contributed by atoms with Crippen molar-refractivity contribution in [3.63, 3.8) is 0 Å². The van der Waals surface area contributed by atoms with Gasteiger partial charge < -0.3 is 10.2 Å². The molecule has 1 aromatic heterocycles. The van der Waals surface area contributed by atoms with Crippen LogP contribution in [0.2, 0.25) is 0 Å². The number of nitrogens with one attached hydrogen (secondary N) is 2. The molecule has 3 rings (SSSR count). The molecule has 1 unspecified atom stereocenters. The Bertz CT molecular complexity index is 753. The summed E-state index contributed by atoms with van der Waals surface area (Å²) < 4.78 is 14.2. The number of amides is 1. The molecule has 0 bridgehead atoms. The molecule has 0 saturated carbocycles. The molecule has 1 fully saturated rings. The van der Waals surface area contributed by atoms with E-state index in [0.717, 1.165) is 25.1 Å². The van der Waals surface area contributed by atoms with E-state index in [9.17, 15) is 9.18 Å². The molecule has 7 heteroatoms. The predicted molar refractivity (Wildman–Crippen MR) is 86.8 cm³/mol. The van der Waals surface area contributed by atoms with Crippen LogP contribution in [-0.4, -0.2) is 35.2 Å². The molecule has 24 heavy (non-hydrogen) atoms. The van der Waals surface area contributed by atoms with Gasteiger partial charge in [-0.1, -0.05) is 0 Å². The highest BCUT2D eigenvalue weighted by Gasteiger charge is 2.23. The molecule has 1 aliphatic rings. The highest BCUT2D eigenvalue weighted by molar-refractivity contribution is 5.78. The van der Waals surface area contributed by atoms with E-state index in [1.165, 1.54) is 6.07 Å². The van der Waals surface area contributed by atoms with E-state index >= 15 is 0 Å². The smallest absolute Gasteiger partial charge is 0.226 e. The Morgan fingerprint density at radius 1 is 1.50 bits per heavy atom. The second-order valence-electron chi connectivity index (χ2n) is 5.89. The SMILES string of the molecule is N#Cc1ccc(N2CCCC(NC(=O)Cc3ccn[nH]3)C2)c(F)c1. The van der Waals surface area contributed by atoms with E-state index in [1.54, 1.807) is 24.4 Å². The van der Waals surface area contributed by atoms with Crippen molar-refractivity contribution in [2.75, 3.05) is 18.0 Å². The fourth-order valence-electron chi connectivity index (χ4n) is 2.98. The Hall–Kier alpha value is -2.88. The molecule has 0 aliphatic carbocycles. The van der Waals surface area contributed by atoms with Crippen LogP contribution in [0, 0.1) is 17.1 Å². The average Bonchev–Trinajstić information content (AvgIpc) is 3.07. The Morgan fingerprint density at radius 2 is 2.38 bits per heavy atom. The first-order valence-electron chi connectivity index (χ1n) is 7.88. The molecule has 1 atom stereocenters. The summed E-state index contributed by atoms with van der Waals surface area (Å²) in [5, 5.41) is 18.4. The van der Waals surface area contributed by atoms with Crippen molar-refractivity contribution < 1.29 is 9.18 Å². The number of benzene rings is 1. The largest absolute Gasteiger partial charge is 0.367 e. The minimum absolute atomic E-state index is 0.0239.